The minimum Gasteiger partial charge on any atom is -0.478 e. The van der Waals surface area contributed by atoms with Crippen molar-refractivity contribution in [2.45, 2.75) is 12.3 Å². The van der Waals surface area contributed by atoms with Crippen LogP contribution in [0.15, 0.2) is 22.7 Å². The topological polar surface area (TPSA) is 54.4 Å². The summed E-state index contributed by atoms with van der Waals surface area (Å²) >= 11 is 8.97. The number of halogens is 2. The zero-order chi connectivity index (χ0) is 11.6. The fourth-order valence-electron chi connectivity index (χ4n) is 1.15. The molecule has 0 aromatic heterocycles. The van der Waals surface area contributed by atoms with Crippen LogP contribution in [0.25, 0.3) is 0 Å². The van der Waals surface area contributed by atoms with Crippen LogP contribution in [0.5, 0.6) is 0 Å². The number of aromatic carboxylic acids is 1. The molecule has 0 amide bonds. The van der Waals surface area contributed by atoms with Gasteiger partial charge in [-0.2, -0.15) is 0 Å². The minimum absolute atomic E-state index is 0.0413. The number of carboxylic acids is 1. The summed E-state index contributed by atoms with van der Waals surface area (Å²) in [5.74, 6) is -1.38. The van der Waals surface area contributed by atoms with Crippen molar-refractivity contribution in [1.29, 1.82) is 0 Å². The molecule has 0 fully saturated rings. The third kappa shape index (κ3) is 2.79. The van der Waals surface area contributed by atoms with Crippen LogP contribution in [0.2, 0.25) is 0 Å². The second-order valence-electron chi connectivity index (χ2n) is 3.01. The van der Waals surface area contributed by atoms with Crippen LogP contribution in [0.1, 0.15) is 28.2 Å². The summed E-state index contributed by atoms with van der Waals surface area (Å²) in [6.07, 6.45) is 0. The molecular formula is C10H8BrClO3. The van der Waals surface area contributed by atoms with E-state index in [4.69, 9.17) is 16.7 Å². The lowest BCUT2D eigenvalue weighted by molar-refractivity contribution is -0.116. The van der Waals surface area contributed by atoms with Gasteiger partial charge in [0.25, 0.3) is 0 Å². The smallest absolute Gasteiger partial charge is 0.336 e. The van der Waals surface area contributed by atoms with Gasteiger partial charge in [-0.25, -0.2) is 4.79 Å². The van der Waals surface area contributed by atoms with Gasteiger partial charge in [-0.15, -0.1) is 11.6 Å². The molecule has 1 rings (SSSR count). The average Bonchev–Trinajstić information content (AvgIpc) is 2.16. The predicted molar refractivity (Wildman–Crippen MR) is 60.4 cm³/mol. The zero-order valence-corrected chi connectivity index (χ0v) is 10.2. The highest BCUT2D eigenvalue weighted by atomic mass is 79.9. The van der Waals surface area contributed by atoms with Gasteiger partial charge in [0.2, 0.25) is 0 Å². The number of hydrogen-bond donors (Lipinski definition) is 1. The number of carboxylic acid groups (broad SMARTS) is 1. The van der Waals surface area contributed by atoms with Gasteiger partial charge in [0.1, 0.15) is 5.38 Å². The highest BCUT2D eigenvalue weighted by molar-refractivity contribution is 9.10. The molecule has 5 heteroatoms. The van der Waals surface area contributed by atoms with Gasteiger partial charge in [-0.1, -0.05) is 22.0 Å². The lowest BCUT2D eigenvalue weighted by Crippen LogP contribution is -2.09. The van der Waals surface area contributed by atoms with E-state index < -0.39 is 11.3 Å². The number of carbonyl (C=O) groups excluding carboxylic acids is 1. The van der Waals surface area contributed by atoms with E-state index in [1.54, 1.807) is 6.07 Å². The molecular weight excluding hydrogens is 283 g/mol. The number of benzene rings is 1. The lowest BCUT2D eigenvalue weighted by atomic mass is 10.0. The maximum absolute atomic E-state index is 11.1. The zero-order valence-electron chi connectivity index (χ0n) is 7.83. The molecule has 0 heterocycles. The van der Waals surface area contributed by atoms with E-state index in [2.05, 4.69) is 15.9 Å². The van der Waals surface area contributed by atoms with Gasteiger partial charge in [0, 0.05) is 4.47 Å². The average molecular weight is 292 g/mol. The molecule has 1 aromatic rings. The molecule has 0 aliphatic carbocycles. The quantitative estimate of drug-likeness (QED) is 0.871. The summed E-state index contributed by atoms with van der Waals surface area (Å²) in [6.45, 7) is 1.32. The molecule has 0 saturated heterocycles. The molecule has 1 aromatic carbocycles. The van der Waals surface area contributed by atoms with Crippen molar-refractivity contribution in [2.75, 3.05) is 0 Å². The second-order valence-corrected chi connectivity index (χ2v) is 4.36. The van der Waals surface area contributed by atoms with E-state index >= 15 is 0 Å². The standard InChI is InChI=1S/C10H8BrClO3/c1-5(13)9(12)7-3-2-6(11)4-8(7)10(14)15/h2-4,9H,1H3,(H,14,15). The number of Topliss-reactive ketones (excluding diaryl/α,β-unsaturated/α-hetero) is 1. The van der Waals surface area contributed by atoms with E-state index in [0.717, 1.165) is 0 Å². The van der Waals surface area contributed by atoms with E-state index in [9.17, 15) is 9.59 Å². The van der Waals surface area contributed by atoms with E-state index in [0.29, 0.717) is 10.0 Å². The first-order chi connectivity index (χ1) is 6.93. The SMILES string of the molecule is CC(=O)C(Cl)c1ccc(Br)cc1C(=O)O. The Bertz CT molecular complexity index is 417. The molecule has 3 nitrogen and oxygen atoms in total. The summed E-state index contributed by atoms with van der Waals surface area (Å²) in [6, 6.07) is 4.61. The molecule has 0 spiro atoms. The third-order valence-corrected chi connectivity index (χ3v) is 2.91. The van der Waals surface area contributed by atoms with Crippen molar-refractivity contribution < 1.29 is 14.7 Å². The van der Waals surface area contributed by atoms with E-state index in [-0.39, 0.29) is 11.3 Å². The fourth-order valence-corrected chi connectivity index (χ4v) is 1.71. The maximum atomic E-state index is 11.1. The van der Waals surface area contributed by atoms with Crippen molar-refractivity contribution in [1.82, 2.24) is 0 Å². The predicted octanol–water partition coefficient (Wildman–Crippen LogP) is 3.02. The molecule has 0 bridgehead atoms. The third-order valence-electron chi connectivity index (χ3n) is 1.88. The van der Waals surface area contributed by atoms with Crippen LogP contribution in [0.3, 0.4) is 0 Å². The van der Waals surface area contributed by atoms with Crippen LogP contribution in [-0.2, 0) is 4.79 Å². The molecule has 0 aliphatic rings. The second kappa shape index (κ2) is 4.77. The van der Waals surface area contributed by atoms with Gasteiger partial charge < -0.3 is 5.11 Å². The van der Waals surface area contributed by atoms with Crippen molar-refractivity contribution in [3.63, 3.8) is 0 Å². The first-order valence-corrected chi connectivity index (χ1v) is 5.33. The van der Waals surface area contributed by atoms with Crippen molar-refractivity contribution >= 4 is 39.3 Å². The first-order valence-electron chi connectivity index (χ1n) is 4.10. The van der Waals surface area contributed by atoms with E-state index in [1.807, 2.05) is 0 Å². The van der Waals surface area contributed by atoms with Crippen LogP contribution >= 0.6 is 27.5 Å². The number of rotatable bonds is 3. The molecule has 1 unspecified atom stereocenters. The van der Waals surface area contributed by atoms with Crippen molar-refractivity contribution in [3.8, 4) is 0 Å². The fraction of sp³-hybridized carbons (Fsp3) is 0.200. The molecule has 1 atom stereocenters. The Morgan fingerprint density at radius 3 is 2.53 bits per heavy atom. The Balaban J connectivity index is 3.28. The number of ketones is 1. The minimum atomic E-state index is -1.10. The van der Waals surface area contributed by atoms with Gasteiger partial charge in [0.05, 0.1) is 5.56 Å². The molecule has 80 valence electrons. The lowest BCUT2D eigenvalue weighted by Gasteiger charge is -2.09. The summed E-state index contributed by atoms with van der Waals surface area (Å²) in [5, 5.41) is 8.02. The highest BCUT2D eigenvalue weighted by Crippen LogP contribution is 2.27. The highest BCUT2D eigenvalue weighted by Gasteiger charge is 2.20. The molecule has 0 saturated carbocycles. The number of carbonyl (C=O) groups is 2. The van der Waals surface area contributed by atoms with Crippen molar-refractivity contribution in [3.05, 3.63) is 33.8 Å². The van der Waals surface area contributed by atoms with Crippen LogP contribution in [0, 0.1) is 0 Å². The van der Waals surface area contributed by atoms with Gasteiger partial charge in [0.15, 0.2) is 5.78 Å². The summed E-state index contributed by atoms with van der Waals surface area (Å²) in [7, 11) is 0. The normalized spacial score (nSPS) is 12.2. The monoisotopic (exact) mass is 290 g/mol. The maximum Gasteiger partial charge on any atom is 0.336 e. The molecule has 0 aliphatic heterocycles. The van der Waals surface area contributed by atoms with Gasteiger partial charge in [-0.05, 0) is 24.6 Å². The Morgan fingerprint density at radius 2 is 2.07 bits per heavy atom. The van der Waals surface area contributed by atoms with Crippen molar-refractivity contribution in [2.24, 2.45) is 0 Å². The Morgan fingerprint density at radius 1 is 1.47 bits per heavy atom. The van der Waals surface area contributed by atoms with Crippen LogP contribution in [0.4, 0.5) is 0 Å². The Kier molecular flexibility index (Phi) is 3.88. The first kappa shape index (κ1) is 12.2. The summed E-state index contributed by atoms with van der Waals surface area (Å²) < 4.78 is 0.635. The molecule has 1 N–H and O–H groups in total. The number of hydrogen-bond acceptors (Lipinski definition) is 2. The largest absolute Gasteiger partial charge is 0.478 e. The van der Waals surface area contributed by atoms with Gasteiger partial charge >= 0.3 is 5.97 Å². The summed E-state index contributed by atoms with van der Waals surface area (Å²) in [4.78, 5) is 22.0. The molecule has 15 heavy (non-hydrogen) atoms. The Hall–Kier alpha value is -0.870. The van der Waals surface area contributed by atoms with Crippen LogP contribution in [-0.4, -0.2) is 16.9 Å². The summed E-state index contributed by atoms with van der Waals surface area (Å²) in [5.41, 5.74) is 0.361. The van der Waals surface area contributed by atoms with Crippen LogP contribution < -0.4 is 0 Å². The molecule has 0 radical (unpaired) electrons. The van der Waals surface area contributed by atoms with Gasteiger partial charge in [-0.3, -0.25) is 4.79 Å². The Labute approximate surface area is 100 Å². The number of alkyl halides is 1. The van der Waals surface area contributed by atoms with E-state index in [1.165, 1.54) is 19.1 Å².